The molecule has 1 aliphatic carbocycles. The van der Waals surface area contributed by atoms with Gasteiger partial charge in [0.05, 0.1) is 60.5 Å². The van der Waals surface area contributed by atoms with Crippen molar-refractivity contribution >= 4 is 43.2 Å². The third kappa shape index (κ3) is 21.1. The van der Waals surface area contributed by atoms with E-state index in [1.54, 1.807) is 26.4 Å². The van der Waals surface area contributed by atoms with Crippen LogP contribution in [0.15, 0.2) is 223 Å². The molecule has 0 spiro atoms. The van der Waals surface area contributed by atoms with Crippen LogP contribution in [0.3, 0.4) is 0 Å². The lowest BCUT2D eigenvalue weighted by molar-refractivity contribution is -0.438. The molecule has 0 saturated carbocycles. The highest BCUT2D eigenvalue weighted by atomic mass is 32.2. The number of benzene rings is 4. The molecule has 105 heavy (non-hydrogen) atoms. The minimum Gasteiger partial charge on any atom is -0.497 e. The van der Waals surface area contributed by atoms with E-state index in [9.17, 15) is 30.7 Å². The van der Waals surface area contributed by atoms with E-state index in [-0.39, 0.29) is 30.3 Å². The summed E-state index contributed by atoms with van der Waals surface area (Å²) in [7, 11) is -4.98. The van der Waals surface area contributed by atoms with Gasteiger partial charge in [-0.15, -0.1) is 0 Å². The Morgan fingerprint density at radius 2 is 1.11 bits per heavy atom. The zero-order chi connectivity index (χ0) is 74.0. The molecule has 11 rings (SSSR count). The van der Waals surface area contributed by atoms with Crippen molar-refractivity contribution in [1.82, 2.24) is 35.1 Å². The number of ether oxygens (including phenoxy) is 4. The summed E-state index contributed by atoms with van der Waals surface area (Å²) in [5.74, 6) is 2.53. The van der Waals surface area contributed by atoms with Crippen molar-refractivity contribution < 1.29 is 54.3 Å². The number of hydrogen-bond acceptors (Lipinski definition) is 16. The van der Waals surface area contributed by atoms with Crippen molar-refractivity contribution in [2.45, 2.75) is 136 Å². The number of hydrogen-bond donors (Lipinski definition) is 3. The number of amides is 1. The largest absolute Gasteiger partial charge is 0.497 e. The first-order valence-corrected chi connectivity index (χ1v) is 39.2. The Morgan fingerprint density at radius 1 is 0.571 bits per heavy atom. The molecule has 1 amide bonds. The Morgan fingerprint density at radius 3 is 1.66 bits per heavy atom. The number of unbranched alkanes of at least 4 members (excludes halogenated alkanes) is 3. The first-order chi connectivity index (χ1) is 50.6. The zero-order valence-corrected chi connectivity index (χ0v) is 62.5. The molecule has 22 heteroatoms. The first kappa shape index (κ1) is 76.4. The molecule has 2 aliphatic heterocycles. The predicted molar refractivity (Wildman–Crippen MR) is 410 cm³/mol. The molecule has 6 heterocycles. The van der Waals surface area contributed by atoms with Gasteiger partial charge in [-0.1, -0.05) is 50.3 Å². The molecule has 0 atom stereocenters. The van der Waals surface area contributed by atoms with Gasteiger partial charge in [-0.25, -0.2) is 0 Å². The summed E-state index contributed by atoms with van der Waals surface area (Å²) < 4.78 is 93.7. The Hall–Kier alpha value is -9.68. The molecular formula is C83H96N9O11S2+. The molecule has 0 saturated heterocycles. The number of allylic oxidation sites excluding steroid dienone is 7. The quantitative estimate of drug-likeness (QED) is 0.0188. The second kappa shape index (κ2) is 35.4. The average Bonchev–Trinajstić information content (AvgIpc) is 1.59. The fourth-order valence-corrected chi connectivity index (χ4v) is 15.2. The maximum absolute atomic E-state index is 13.9. The normalized spacial score (nSPS) is 15.7. The number of nitrogens with zero attached hydrogens (tertiary/aromatic N) is 8. The third-order valence-electron chi connectivity index (χ3n) is 19.4. The average molecular weight is 1460 g/mol. The first-order valence-electron chi connectivity index (χ1n) is 36.0. The monoisotopic (exact) mass is 1460 g/mol. The summed E-state index contributed by atoms with van der Waals surface area (Å²) in [6.45, 7) is 14.2. The summed E-state index contributed by atoms with van der Waals surface area (Å²) in [4.78, 5) is 39.6. The van der Waals surface area contributed by atoms with Crippen molar-refractivity contribution in [1.29, 1.82) is 0 Å². The molecule has 4 aromatic carbocycles. The minimum absolute atomic E-state index is 0.216. The van der Waals surface area contributed by atoms with Gasteiger partial charge in [-0.2, -0.15) is 21.4 Å². The second-order valence-electron chi connectivity index (χ2n) is 28.0. The van der Waals surface area contributed by atoms with Gasteiger partial charge < -0.3 is 29.2 Å². The van der Waals surface area contributed by atoms with Crippen LogP contribution in [0.25, 0.3) is 0 Å². The Balaban J connectivity index is 0.820. The summed E-state index contributed by atoms with van der Waals surface area (Å²) in [6.07, 6.45) is 21.0. The number of carbonyl (C=O) groups excluding carboxylic acids is 1. The van der Waals surface area contributed by atoms with E-state index in [0.29, 0.717) is 121 Å². The molecule has 550 valence electrons. The highest BCUT2D eigenvalue weighted by Crippen LogP contribution is 2.50. The number of aromatic nitrogens is 4. The van der Waals surface area contributed by atoms with E-state index in [4.69, 9.17) is 18.9 Å². The van der Waals surface area contributed by atoms with E-state index >= 15 is 0 Å². The molecule has 0 radical (unpaired) electrons. The summed E-state index contributed by atoms with van der Waals surface area (Å²) in [5, 5.41) is 3.13. The predicted octanol–water partition coefficient (Wildman–Crippen LogP) is 14.7. The maximum atomic E-state index is 13.9. The smallest absolute Gasteiger partial charge is 0.264 e. The third-order valence-corrected chi connectivity index (χ3v) is 21.0. The molecular weight excluding hydrogens is 1360 g/mol. The van der Waals surface area contributed by atoms with E-state index in [0.717, 1.165) is 103 Å². The van der Waals surface area contributed by atoms with E-state index in [1.807, 2.05) is 134 Å². The van der Waals surface area contributed by atoms with Crippen LogP contribution in [0.2, 0.25) is 0 Å². The number of pyridine rings is 4. The van der Waals surface area contributed by atoms with Crippen molar-refractivity contribution in [3.8, 4) is 23.0 Å². The summed E-state index contributed by atoms with van der Waals surface area (Å²) >= 11 is 0. The molecule has 0 bridgehead atoms. The molecule has 0 unspecified atom stereocenters. The van der Waals surface area contributed by atoms with Gasteiger partial charge in [0.25, 0.3) is 26.1 Å². The van der Waals surface area contributed by atoms with Crippen LogP contribution in [0, 0.1) is 0 Å². The lowest BCUT2D eigenvalue weighted by atomic mass is 9.81. The fraction of sp³-hybridized carbons (Fsp3) is 0.349. The standard InChI is InChI=1S/C83H95N9O11S2/c1-82(2)74-53-71(100-5)34-36-76(74)91(45-16-19-48-104(94,95)96)78(82)38-30-63-22-21-23-64(31-39-79-83(3,4)75-54-72(101-6)35-37-77(75)92(79)46-17-20-49-105(97,98)99)80(63)103-70-32-28-65(29-33-70)81(93)88-44-15-18-47-102-73-51-61(55-89(57-66-24-7-11-40-84-66)58-67-25-8-12-41-85-67)50-62(52-73)56-90(59-68-26-9-13-42-86-68)60-69-27-10-14-43-87-69/h7-14,24-43,50-54H,15-23,44-49,55-60H2,1-6H3,(H2-,88,93,94,95,96,97,98,99)/p+1. The van der Waals surface area contributed by atoms with Crippen LogP contribution in [-0.2, 0) is 70.3 Å². The van der Waals surface area contributed by atoms with E-state index in [1.165, 1.54) is 0 Å². The van der Waals surface area contributed by atoms with Gasteiger partial charge in [0, 0.05) is 124 Å². The van der Waals surface area contributed by atoms with Crippen LogP contribution in [0.5, 0.6) is 23.0 Å². The van der Waals surface area contributed by atoms with Crippen molar-refractivity contribution in [2.75, 3.05) is 56.9 Å². The minimum atomic E-state index is -4.14. The van der Waals surface area contributed by atoms with Crippen LogP contribution in [0.1, 0.15) is 141 Å². The zero-order valence-electron chi connectivity index (χ0n) is 60.9. The van der Waals surface area contributed by atoms with Gasteiger partial charge in [0.2, 0.25) is 5.69 Å². The number of rotatable bonds is 36. The highest BCUT2D eigenvalue weighted by Gasteiger charge is 2.45. The van der Waals surface area contributed by atoms with Crippen molar-refractivity contribution in [2.24, 2.45) is 0 Å². The molecule has 3 aliphatic rings. The van der Waals surface area contributed by atoms with Crippen molar-refractivity contribution in [3.63, 3.8) is 0 Å². The van der Waals surface area contributed by atoms with Gasteiger partial charge in [0.1, 0.15) is 35.3 Å². The second-order valence-corrected chi connectivity index (χ2v) is 31.1. The number of anilines is 1. The Kier molecular flexibility index (Phi) is 25.8. The number of fused-ring (bicyclic) bond motifs is 2. The van der Waals surface area contributed by atoms with Crippen LogP contribution in [-0.4, -0.2) is 124 Å². The van der Waals surface area contributed by atoms with Crippen LogP contribution in [0.4, 0.5) is 11.4 Å². The number of nitrogens with one attached hydrogen (secondary N) is 1. The van der Waals surface area contributed by atoms with Gasteiger partial charge >= 0.3 is 0 Å². The molecule has 0 fully saturated rings. The number of carbonyl (C=O) groups is 1. The Bertz CT molecular complexity index is 4500. The van der Waals surface area contributed by atoms with Crippen molar-refractivity contribution in [3.05, 3.63) is 274 Å². The van der Waals surface area contributed by atoms with Crippen LogP contribution >= 0.6 is 0 Å². The molecule has 3 N–H and O–H groups in total. The molecule has 8 aromatic rings. The van der Waals surface area contributed by atoms with Gasteiger partial charge in [-0.05, 0) is 220 Å². The van der Waals surface area contributed by atoms with Crippen LogP contribution < -0.4 is 29.2 Å². The van der Waals surface area contributed by atoms with E-state index < -0.39 is 31.1 Å². The lowest BCUT2D eigenvalue weighted by Crippen LogP contribution is -2.28. The highest BCUT2D eigenvalue weighted by molar-refractivity contribution is 7.86. The Labute approximate surface area is 618 Å². The van der Waals surface area contributed by atoms with E-state index in [2.05, 4.69) is 127 Å². The number of methoxy groups -OCH3 is 2. The van der Waals surface area contributed by atoms with Gasteiger partial charge in [0.15, 0.2) is 5.71 Å². The fourth-order valence-electron chi connectivity index (χ4n) is 14.1. The maximum Gasteiger partial charge on any atom is 0.264 e. The topological polar surface area (TPSA) is 239 Å². The summed E-state index contributed by atoms with van der Waals surface area (Å²) in [5.41, 5.74) is 13.5. The SMILES string of the molecule is COc1ccc2c(c1)C(C)(C)C(/C=C/C1=C(Oc3ccc(C(=O)NCCCCOc4cc(CN(Cc5ccccn5)Cc5ccccn5)cc(CN(Cc5ccccn5)Cc5ccccn5)c4)cc3)C(=C/C=C3/N(CCCCS(=O)(=O)O)c4ccc(OC)cc4C3(C)C)/CCC1)=[N+]2CCCCS(=O)(=O)O. The molecule has 20 nitrogen and oxygen atoms in total. The lowest BCUT2D eigenvalue weighted by Gasteiger charge is -2.27. The summed E-state index contributed by atoms with van der Waals surface area (Å²) in [6, 6.07) is 49.7. The van der Waals surface area contributed by atoms with Gasteiger partial charge in [-0.3, -0.25) is 43.6 Å². The molecule has 4 aromatic heterocycles.